The molecule has 0 aromatic heterocycles. The van der Waals surface area contributed by atoms with Crippen LogP contribution in [0.25, 0.3) is 0 Å². The molecule has 1 aromatic carbocycles. The highest BCUT2D eigenvalue weighted by Gasteiger charge is 2.33. The third kappa shape index (κ3) is 8.32. The summed E-state index contributed by atoms with van der Waals surface area (Å²) in [6.07, 6.45) is -2.53. The van der Waals surface area contributed by atoms with Crippen LogP contribution in [0.2, 0.25) is 0 Å². The van der Waals surface area contributed by atoms with Crippen molar-refractivity contribution in [2.75, 3.05) is 0 Å². The third-order valence-electron chi connectivity index (χ3n) is 4.50. The summed E-state index contributed by atoms with van der Waals surface area (Å²) in [5, 5.41) is 35.1. The maximum absolute atomic E-state index is 12.4. The Kier molecular flexibility index (Phi) is 10.1. The highest BCUT2D eigenvalue weighted by atomic mass is 16.4. The molecule has 0 aliphatic carbocycles. The van der Waals surface area contributed by atoms with E-state index in [1.807, 2.05) is 30.3 Å². The number of benzene rings is 1. The number of amides is 3. The summed E-state index contributed by atoms with van der Waals surface area (Å²) >= 11 is 0. The van der Waals surface area contributed by atoms with Gasteiger partial charge in [-0.1, -0.05) is 30.3 Å². The van der Waals surface area contributed by atoms with Gasteiger partial charge < -0.3 is 37.0 Å². The van der Waals surface area contributed by atoms with Crippen LogP contribution in [-0.2, 0) is 25.6 Å². The van der Waals surface area contributed by atoms with Gasteiger partial charge in [0, 0.05) is 0 Å². The predicted molar refractivity (Wildman–Crippen MR) is 111 cm³/mol. The molecule has 172 valence electrons. The van der Waals surface area contributed by atoms with E-state index < -0.39 is 60.1 Å². The Bertz CT molecular complexity index is 770. The molecule has 0 fully saturated rings. The van der Waals surface area contributed by atoms with Crippen molar-refractivity contribution in [1.82, 2.24) is 16.0 Å². The molecule has 11 nitrogen and oxygen atoms in total. The van der Waals surface area contributed by atoms with E-state index in [0.29, 0.717) is 0 Å². The van der Waals surface area contributed by atoms with E-state index in [1.165, 1.54) is 20.8 Å². The summed E-state index contributed by atoms with van der Waals surface area (Å²) in [5.41, 5.74) is 6.73. The molecule has 0 aliphatic rings. The Morgan fingerprint density at radius 2 is 1.35 bits per heavy atom. The number of hydrogen-bond donors (Lipinski definition) is 7. The number of nitrogens with two attached hydrogens (primary N) is 1. The summed E-state index contributed by atoms with van der Waals surface area (Å²) < 4.78 is 0. The lowest BCUT2D eigenvalue weighted by Gasteiger charge is -2.26. The highest BCUT2D eigenvalue weighted by molar-refractivity contribution is 5.94. The van der Waals surface area contributed by atoms with Gasteiger partial charge in [0.1, 0.15) is 12.1 Å². The zero-order valence-corrected chi connectivity index (χ0v) is 17.6. The van der Waals surface area contributed by atoms with Crippen LogP contribution in [0, 0.1) is 0 Å². The van der Waals surface area contributed by atoms with E-state index >= 15 is 0 Å². The maximum atomic E-state index is 12.4. The molecule has 11 heteroatoms. The van der Waals surface area contributed by atoms with Gasteiger partial charge in [0.25, 0.3) is 0 Å². The van der Waals surface area contributed by atoms with E-state index in [4.69, 9.17) is 10.8 Å². The van der Waals surface area contributed by atoms with Crippen LogP contribution in [0.15, 0.2) is 30.3 Å². The Labute approximate surface area is 180 Å². The van der Waals surface area contributed by atoms with Crippen molar-refractivity contribution in [1.29, 1.82) is 0 Å². The first kappa shape index (κ1) is 26.0. The molecule has 3 amide bonds. The lowest BCUT2D eigenvalue weighted by Crippen LogP contribution is -2.60. The summed E-state index contributed by atoms with van der Waals surface area (Å²) in [6.45, 7) is 3.77. The van der Waals surface area contributed by atoms with Crippen molar-refractivity contribution >= 4 is 23.7 Å². The monoisotopic (exact) mass is 438 g/mol. The van der Waals surface area contributed by atoms with Gasteiger partial charge in [-0.15, -0.1) is 0 Å². The summed E-state index contributed by atoms with van der Waals surface area (Å²) in [5.74, 6) is -3.85. The minimum absolute atomic E-state index is 0.260. The van der Waals surface area contributed by atoms with E-state index in [-0.39, 0.29) is 6.42 Å². The first-order chi connectivity index (χ1) is 14.4. The van der Waals surface area contributed by atoms with Gasteiger partial charge in [0.05, 0.1) is 18.2 Å². The molecule has 6 unspecified atom stereocenters. The lowest BCUT2D eigenvalue weighted by molar-refractivity contribution is -0.146. The van der Waals surface area contributed by atoms with E-state index in [2.05, 4.69) is 16.0 Å². The molecule has 1 rings (SSSR count). The second-order valence-corrected chi connectivity index (χ2v) is 7.32. The van der Waals surface area contributed by atoms with Gasteiger partial charge in [0.2, 0.25) is 17.7 Å². The standard InChI is InChI=1S/C20H30N4O7/c1-10(22-18(28)14(21)9-13-7-5-4-6-8-13)17(27)23-15(11(2)25)19(29)24-16(12(3)26)20(30)31/h4-8,10-12,14-16,25-26H,9,21H2,1-3H3,(H,22,28)(H,23,27)(H,24,29)(H,30,31). The molecule has 8 N–H and O–H groups in total. The van der Waals surface area contributed by atoms with Crippen LogP contribution in [-0.4, -0.2) is 75.4 Å². The Balaban J connectivity index is 2.70. The first-order valence-electron chi connectivity index (χ1n) is 9.73. The highest BCUT2D eigenvalue weighted by Crippen LogP contribution is 2.03. The molecule has 0 spiro atoms. The molecule has 1 aromatic rings. The fourth-order valence-electron chi connectivity index (χ4n) is 2.66. The fourth-order valence-corrected chi connectivity index (χ4v) is 2.66. The number of carbonyl (C=O) groups is 4. The third-order valence-corrected chi connectivity index (χ3v) is 4.50. The molecule has 0 heterocycles. The van der Waals surface area contributed by atoms with Crippen molar-refractivity contribution in [3.8, 4) is 0 Å². The molecule has 0 bridgehead atoms. The second-order valence-electron chi connectivity index (χ2n) is 7.32. The smallest absolute Gasteiger partial charge is 0.328 e. The number of carbonyl (C=O) groups excluding carboxylic acids is 3. The first-order valence-corrected chi connectivity index (χ1v) is 9.73. The number of carboxylic acid groups (broad SMARTS) is 1. The number of aliphatic hydroxyl groups is 2. The van der Waals surface area contributed by atoms with E-state index in [1.54, 1.807) is 0 Å². The van der Waals surface area contributed by atoms with Crippen LogP contribution in [0.3, 0.4) is 0 Å². The van der Waals surface area contributed by atoms with Crippen LogP contribution in [0.5, 0.6) is 0 Å². The van der Waals surface area contributed by atoms with Crippen molar-refractivity contribution in [3.05, 3.63) is 35.9 Å². The zero-order valence-electron chi connectivity index (χ0n) is 17.6. The van der Waals surface area contributed by atoms with E-state index in [0.717, 1.165) is 5.56 Å². The Morgan fingerprint density at radius 1 is 0.839 bits per heavy atom. The maximum Gasteiger partial charge on any atom is 0.328 e. The topological polar surface area (TPSA) is 191 Å². The fraction of sp³-hybridized carbons (Fsp3) is 0.500. The molecule has 31 heavy (non-hydrogen) atoms. The predicted octanol–water partition coefficient (Wildman–Crippen LogP) is -2.12. The van der Waals surface area contributed by atoms with Gasteiger partial charge in [-0.2, -0.15) is 0 Å². The van der Waals surface area contributed by atoms with Gasteiger partial charge in [-0.3, -0.25) is 14.4 Å². The molecule has 0 saturated heterocycles. The van der Waals surface area contributed by atoms with Gasteiger partial charge in [-0.25, -0.2) is 4.79 Å². The Morgan fingerprint density at radius 3 is 1.84 bits per heavy atom. The summed E-state index contributed by atoms with van der Waals surface area (Å²) in [7, 11) is 0. The van der Waals surface area contributed by atoms with Crippen LogP contribution in [0.1, 0.15) is 26.3 Å². The number of carboxylic acids is 1. The second kappa shape index (κ2) is 12.0. The number of aliphatic hydroxyl groups excluding tert-OH is 2. The lowest BCUT2D eigenvalue weighted by atomic mass is 10.1. The zero-order chi connectivity index (χ0) is 23.7. The molecule has 0 aliphatic heterocycles. The number of hydrogen-bond acceptors (Lipinski definition) is 7. The summed E-state index contributed by atoms with van der Waals surface area (Å²) in [6, 6.07) is 3.94. The summed E-state index contributed by atoms with van der Waals surface area (Å²) in [4.78, 5) is 48.1. The molecular weight excluding hydrogens is 408 g/mol. The van der Waals surface area contributed by atoms with Gasteiger partial charge in [-0.05, 0) is 32.8 Å². The van der Waals surface area contributed by atoms with Crippen LogP contribution >= 0.6 is 0 Å². The number of aliphatic carboxylic acids is 1. The molecule has 0 radical (unpaired) electrons. The van der Waals surface area contributed by atoms with Crippen molar-refractivity contribution < 1.29 is 34.5 Å². The quantitative estimate of drug-likeness (QED) is 0.204. The number of rotatable bonds is 11. The Hall–Kier alpha value is -3.02. The average molecular weight is 438 g/mol. The molecular formula is C20H30N4O7. The van der Waals surface area contributed by atoms with Crippen molar-refractivity contribution in [2.24, 2.45) is 5.73 Å². The minimum Gasteiger partial charge on any atom is -0.480 e. The van der Waals surface area contributed by atoms with Crippen molar-refractivity contribution in [2.45, 2.75) is 63.6 Å². The van der Waals surface area contributed by atoms with Gasteiger partial charge >= 0.3 is 5.97 Å². The van der Waals surface area contributed by atoms with Gasteiger partial charge in [0.15, 0.2) is 6.04 Å². The molecule has 0 saturated carbocycles. The number of nitrogens with one attached hydrogen (secondary N) is 3. The van der Waals surface area contributed by atoms with Crippen LogP contribution in [0.4, 0.5) is 0 Å². The largest absolute Gasteiger partial charge is 0.480 e. The average Bonchev–Trinajstić information content (AvgIpc) is 2.69. The minimum atomic E-state index is -1.63. The SMILES string of the molecule is CC(NC(=O)C(N)Cc1ccccc1)C(=O)NC(C(=O)NC(C(=O)O)C(C)O)C(C)O. The van der Waals surface area contributed by atoms with E-state index in [9.17, 15) is 29.4 Å². The molecule has 6 atom stereocenters. The normalized spacial score (nSPS) is 16.7. The van der Waals surface area contributed by atoms with Crippen molar-refractivity contribution in [3.63, 3.8) is 0 Å². The van der Waals surface area contributed by atoms with Crippen LogP contribution < -0.4 is 21.7 Å².